The number of aromatic nitrogens is 12. The Morgan fingerprint density at radius 1 is 0.714 bits per heavy atom. The zero-order valence-electron chi connectivity index (χ0n) is 39.9. The summed E-state index contributed by atoms with van der Waals surface area (Å²) in [7, 11) is -19.1. The number of aliphatic hydroxyl groups excluding tert-OH is 3. The van der Waals surface area contributed by atoms with Crippen molar-refractivity contribution < 1.29 is 104 Å². The number of nitrogen functional groups attached to an aromatic ring is 3. The van der Waals surface area contributed by atoms with Gasteiger partial charge >= 0.3 is 29.1 Å². The highest BCUT2D eigenvalue weighted by molar-refractivity contribution is 7.66. The SMILES string of the molecule is COC[C@H]1[C@@H](O)[C@H]([n+]2cn(C)c3c(=O)[nH]c(N)nc32)O[C@@H]1COP(=O)(O)OP(=O)(O)OP(=O)(O)OC[C@H]1O[C@@H](n2cnc3c(N)ncnc32)[C@H](OC)[C@@H]1CP(=O)([O-])OC[C@H]1O[C@@H](n2cnc3c(=O)[nH]c(N)nc32)[C@H](O)[C@@H]1O. The van der Waals surface area contributed by atoms with E-state index in [2.05, 4.69) is 48.5 Å². The van der Waals surface area contributed by atoms with Crippen LogP contribution in [0.3, 0.4) is 0 Å². The summed E-state index contributed by atoms with van der Waals surface area (Å²) in [4.78, 5) is 99.3. The van der Waals surface area contributed by atoms with Crippen molar-refractivity contribution in [2.75, 3.05) is 64.0 Å². The maximum Gasteiger partial charge on any atom is 0.490 e. The van der Waals surface area contributed by atoms with Crippen LogP contribution in [0.25, 0.3) is 33.5 Å². The number of aliphatic hydroxyl groups is 3. The average molecular weight is 1170 g/mol. The predicted octanol–water partition coefficient (Wildman–Crippen LogP) is -4.12. The number of methoxy groups -OCH3 is 2. The second-order valence-electron chi connectivity index (χ2n) is 17.5. The number of imidazole rings is 3. The van der Waals surface area contributed by atoms with Gasteiger partial charge in [0.05, 0.1) is 58.3 Å². The molecular weight excluding hydrogens is 1120 g/mol. The van der Waals surface area contributed by atoms with Crippen LogP contribution in [0.5, 0.6) is 0 Å². The molecule has 0 aliphatic carbocycles. The first-order chi connectivity index (χ1) is 36.2. The van der Waals surface area contributed by atoms with Crippen LogP contribution in [0, 0.1) is 11.8 Å². The topological polar surface area (TPSA) is 545 Å². The Bertz CT molecular complexity index is 3510. The summed E-state index contributed by atoms with van der Waals surface area (Å²) in [6.07, 6.45) is -11.4. The number of phosphoric acid groups is 3. The van der Waals surface area contributed by atoms with E-state index in [0.717, 1.165) is 24.3 Å². The van der Waals surface area contributed by atoms with Gasteiger partial charge in [0.25, 0.3) is 17.1 Å². The van der Waals surface area contributed by atoms with Gasteiger partial charge < -0.3 is 84.9 Å². The number of hydrogen-bond donors (Lipinski definition) is 11. The molecule has 0 spiro atoms. The van der Waals surface area contributed by atoms with Gasteiger partial charge in [-0.3, -0.25) is 42.3 Å². The van der Waals surface area contributed by atoms with Crippen molar-refractivity contribution in [3.8, 4) is 0 Å². The molecule has 4 unspecified atom stereocenters. The highest BCUT2D eigenvalue weighted by atomic mass is 31.3. The molecule has 0 bridgehead atoms. The summed E-state index contributed by atoms with van der Waals surface area (Å²) in [6.45, 7) is -3.27. The number of fused-ring (bicyclic) bond motifs is 3. The van der Waals surface area contributed by atoms with Crippen LogP contribution in [0.15, 0.2) is 34.9 Å². The zero-order chi connectivity index (χ0) is 55.7. The number of aryl methyl sites for hydroxylation is 1. The molecule has 3 saturated heterocycles. The van der Waals surface area contributed by atoms with Gasteiger partial charge in [-0.2, -0.15) is 13.6 Å². The highest BCUT2D eigenvalue weighted by Gasteiger charge is 2.52. The first-order valence-electron chi connectivity index (χ1n) is 22.3. The van der Waals surface area contributed by atoms with Gasteiger partial charge in [0.15, 0.2) is 41.4 Å². The molecule has 0 amide bonds. The summed E-state index contributed by atoms with van der Waals surface area (Å²) in [6, 6.07) is 0. The summed E-state index contributed by atoms with van der Waals surface area (Å²) in [5.74, 6) is -3.12. The van der Waals surface area contributed by atoms with Gasteiger partial charge in [-0.15, -0.1) is 0 Å². The number of aromatic amines is 2. The van der Waals surface area contributed by atoms with Crippen LogP contribution in [0.1, 0.15) is 18.7 Å². The Morgan fingerprint density at radius 3 is 1.97 bits per heavy atom. The lowest BCUT2D eigenvalue weighted by Crippen LogP contribution is -2.45. The molecule has 422 valence electrons. The van der Waals surface area contributed by atoms with E-state index >= 15 is 0 Å². The number of hydrogen-bond acceptors (Lipinski definition) is 29. The van der Waals surface area contributed by atoms with E-state index in [9.17, 15) is 62.7 Å². The Morgan fingerprint density at radius 2 is 1.31 bits per heavy atom. The average Bonchev–Trinajstić information content (AvgIpc) is 4.21. The summed E-state index contributed by atoms with van der Waals surface area (Å²) in [5, 5.41) is 33.1. The minimum atomic E-state index is -6.16. The maximum absolute atomic E-state index is 13.8. The first kappa shape index (κ1) is 56.6. The maximum atomic E-state index is 13.8. The molecule has 9 rings (SSSR count). The molecule has 0 aromatic carbocycles. The van der Waals surface area contributed by atoms with Crippen molar-refractivity contribution in [3.05, 3.63) is 46.0 Å². The van der Waals surface area contributed by atoms with Gasteiger partial charge in [0.2, 0.25) is 17.7 Å². The molecule has 3 fully saturated rings. The number of phosphoric ester groups is 2. The smallest absolute Gasteiger partial charge is 0.490 e. The van der Waals surface area contributed by atoms with Crippen molar-refractivity contribution >= 4 is 82.3 Å². The molecule has 16 atom stereocenters. The molecule has 42 heteroatoms. The molecular formula is C35H49N15O23P4. The van der Waals surface area contributed by atoms with Crippen LogP contribution >= 0.6 is 31.1 Å². The number of nitrogens with two attached hydrogens (primary N) is 3. The van der Waals surface area contributed by atoms with Gasteiger partial charge in [0.1, 0.15) is 50.0 Å². The lowest BCUT2D eigenvalue weighted by molar-refractivity contribution is -0.745. The molecule has 77 heavy (non-hydrogen) atoms. The first-order valence-corrected chi connectivity index (χ1v) is 28.5. The Labute approximate surface area is 428 Å². The normalized spacial score (nSPS) is 30.0. The van der Waals surface area contributed by atoms with Crippen LogP contribution in [-0.4, -0.2) is 173 Å². The van der Waals surface area contributed by atoms with E-state index in [1.165, 1.54) is 40.5 Å². The van der Waals surface area contributed by atoms with E-state index in [4.69, 9.17) is 54.5 Å². The monoisotopic (exact) mass is 1170 g/mol. The fourth-order valence-electron chi connectivity index (χ4n) is 9.16. The van der Waals surface area contributed by atoms with Crippen LogP contribution in [0.2, 0.25) is 0 Å². The minimum absolute atomic E-state index is 0.0158. The molecule has 0 radical (unpaired) electrons. The molecule has 38 nitrogen and oxygen atoms in total. The lowest BCUT2D eigenvalue weighted by Gasteiger charge is -2.31. The van der Waals surface area contributed by atoms with E-state index in [-0.39, 0.29) is 57.8 Å². The van der Waals surface area contributed by atoms with Crippen molar-refractivity contribution in [1.82, 2.24) is 53.6 Å². The van der Waals surface area contributed by atoms with Crippen LogP contribution in [-0.2, 0) is 71.2 Å². The van der Waals surface area contributed by atoms with E-state index in [0.29, 0.717) is 0 Å². The number of anilines is 3. The van der Waals surface area contributed by atoms with Crippen LogP contribution < -0.4 is 37.8 Å². The highest BCUT2D eigenvalue weighted by Crippen LogP contribution is 2.68. The Hall–Kier alpha value is -5.11. The van der Waals surface area contributed by atoms with Crippen molar-refractivity contribution in [1.29, 1.82) is 0 Å². The standard InChI is InChI=1S/C35H49N15O23P4/c1-47-12-50(28-20(47)30(55)46-35(38)44-28)31-21(51)13(4-64-2)15(69-31)5-67-75(58,59)72-77(62,63)73-76(60,61)68-6-16-14(24(65-3)33(70-16)48-10-41-18-25(36)39-9-40-26(18)48)8-74(56,57)66-7-17-22(52)23(53)32(71-17)49-11-42-19-27(49)43-34(37)45-29(19)54/h9-17,21-24,31-33,51-53H,4-8H2,1-3H3,(H11-,36,37,38,39,40,43,44,45,46,54,55,56,57,58,59,60,61,62,63)/t13-,14-,15-,16-,17-,21-,22-,23-,24-,31-,32-,33-/m1/s1. The molecule has 3 aliphatic rings. The third kappa shape index (κ3) is 11.5. The number of ether oxygens (including phenoxy) is 5. The summed E-state index contributed by atoms with van der Waals surface area (Å²) in [5.41, 5.74) is 15.9. The third-order valence-electron chi connectivity index (χ3n) is 12.5. The predicted molar refractivity (Wildman–Crippen MR) is 250 cm³/mol. The van der Waals surface area contributed by atoms with Gasteiger partial charge in [0, 0.05) is 32.2 Å². The van der Waals surface area contributed by atoms with Crippen molar-refractivity contribution in [3.63, 3.8) is 0 Å². The molecule has 6 aromatic heterocycles. The van der Waals surface area contributed by atoms with Crippen molar-refractivity contribution in [2.24, 2.45) is 18.9 Å². The quantitative estimate of drug-likeness (QED) is 0.0241. The van der Waals surface area contributed by atoms with Gasteiger partial charge in [-0.05, 0) is 0 Å². The molecule has 3 aliphatic heterocycles. The summed E-state index contributed by atoms with van der Waals surface area (Å²) >= 11 is 0. The van der Waals surface area contributed by atoms with Crippen LogP contribution in [0.4, 0.5) is 17.7 Å². The second-order valence-corrected chi connectivity index (χ2v) is 24.0. The van der Waals surface area contributed by atoms with Crippen molar-refractivity contribution in [2.45, 2.75) is 61.4 Å². The van der Waals surface area contributed by atoms with Gasteiger partial charge in [-0.25, -0.2) is 38.2 Å². The molecule has 14 N–H and O–H groups in total. The number of H-pyrrole nitrogens is 2. The number of rotatable bonds is 21. The van der Waals surface area contributed by atoms with E-state index < -0.39 is 141 Å². The second kappa shape index (κ2) is 21.5. The van der Waals surface area contributed by atoms with E-state index in [1.807, 2.05) is 0 Å². The fourth-order valence-corrected chi connectivity index (χ4v) is 14.1. The molecule has 6 aromatic rings. The zero-order valence-corrected chi connectivity index (χ0v) is 43.5. The minimum Gasteiger partial charge on any atom is -0.778 e. The Balaban J connectivity index is 0.869. The lowest BCUT2D eigenvalue weighted by atomic mass is 9.99. The fraction of sp³-hybridized carbons (Fsp3) is 0.571. The van der Waals surface area contributed by atoms with E-state index in [1.54, 1.807) is 0 Å². The largest absolute Gasteiger partial charge is 0.778 e. The summed E-state index contributed by atoms with van der Waals surface area (Å²) < 4.78 is 111. The molecule has 0 saturated carbocycles. The molecule has 9 heterocycles. The Kier molecular flexibility index (Phi) is 15.8. The number of nitrogens with one attached hydrogen (secondary N) is 2. The third-order valence-corrected chi connectivity index (χ3v) is 18.2. The number of nitrogens with zero attached hydrogens (tertiary/aromatic N) is 10. The van der Waals surface area contributed by atoms with Gasteiger partial charge in [-0.1, -0.05) is 4.98 Å².